The molecule has 0 amide bonds. The summed E-state index contributed by atoms with van der Waals surface area (Å²) in [6.07, 6.45) is 3.56. The van der Waals surface area contributed by atoms with Crippen LogP contribution >= 0.6 is 0 Å². The predicted molar refractivity (Wildman–Crippen MR) is 74.4 cm³/mol. The molecule has 1 saturated heterocycles. The summed E-state index contributed by atoms with van der Waals surface area (Å²) in [7, 11) is 1.70. The molecule has 1 unspecified atom stereocenters. The predicted octanol–water partition coefficient (Wildman–Crippen LogP) is -0.0839. The number of hydrazine groups is 1. The summed E-state index contributed by atoms with van der Waals surface area (Å²) >= 11 is 0. The van der Waals surface area contributed by atoms with Gasteiger partial charge in [0.15, 0.2) is 0 Å². The van der Waals surface area contributed by atoms with Crippen LogP contribution in [0, 0.1) is 0 Å². The van der Waals surface area contributed by atoms with E-state index in [-0.39, 0.29) is 0 Å². The van der Waals surface area contributed by atoms with Crippen molar-refractivity contribution in [3.63, 3.8) is 0 Å². The molecule has 106 valence electrons. The quantitative estimate of drug-likeness (QED) is 0.195. The molecule has 0 aromatic carbocycles. The van der Waals surface area contributed by atoms with Gasteiger partial charge in [-0.25, -0.2) is 5.84 Å². The molecule has 1 rings (SSSR count). The Hall–Kier alpha value is -0.850. The molecule has 1 heterocycles. The Kier molecular flexibility index (Phi) is 7.71. The van der Waals surface area contributed by atoms with Crippen molar-refractivity contribution in [1.29, 1.82) is 0 Å². The van der Waals surface area contributed by atoms with E-state index < -0.39 is 0 Å². The molecule has 0 aliphatic carbocycles. The van der Waals surface area contributed by atoms with Crippen LogP contribution in [0.15, 0.2) is 4.99 Å². The van der Waals surface area contributed by atoms with Crippen molar-refractivity contribution in [2.45, 2.75) is 32.2 Å². The van der Waals surface area contributed by atoms with E-state index in [9.17, 15) is 0 Å². The van der Waals surface area contributed by atoms with Crippen LogP contribution in [0.4, 0.5) is 0 Å². The molecule has 6 heteroatoms. The smallest absolute Gasteiger partial charge is 0.205 e. The number of rotatable bonds is 7. The van der Waals surface area contributed by atoms with E-state index in [1.165, 1.54) is 25.9 Å². The first kappa shape index (κ1) is 15.2. The topological polar surface area (TPSA) is 74.9 Å². The van der Waals surface area contributed by atoms with Crippen LogP contribution in [-0.4, -0.2) is 56.8 Å². The van der Waals surface area contributed by atoms with Gasteiger partial charge in [-0.05, 0) is 39.3 Å². The van der Waals surface area contributed by atoms with E-state index >= 15 is 0 Å². The van der Waals surface area contributed by atoms with E-state index in [4.69, 9.17) is 10.6 Å². The lowest BCUT2D eigenvalue weighted by Gasteiger charge is -2.22. The highest BCUT2D eigenvalue weighted by Gasteiger charge is 2.17. The summed E-state index contributed by atoms with van der Waals surface area (Å²) < 4.78 is 4.98. The first-order valence-corrected chi connectivity index (χ1v) is 6.76. The largest absolute Gasteiger partial charge is 0.385 e. The Morgan fingerprint density at radius 1 is 1.44 bits per heavy atom. The van der Waals surface area contributed by atoms with E-state index in [0.29, 0.717) is 12.0 Å². The highest BCUT2D eigenvalue weighted by Crippen LogP contribution is 2.11. The minimum Gasteiger partial charge on any atom is -0.385 e. The number of nitrogens with one attached hydrogen (secondary N) is 2. The van der Waals surface area contributed by atoms with Gasteiger partial charge in [-0.15, -0.1) is 0 Å². The fourth-order valence-corrected chi connectivity index (χ4v) is 2.10. The maximum absolute atomic E-state index is 5.44. The minimum atomic E-state index is 0.483. The Balaban J connectivity index is 2.23. The number of hydrogen-bond acceptors (Lipinski definition) is 4. The van der Waals surface area contributed by atoms with Crippen molar-refractivity contribution in [1.82, 2.24) is 15.6 Å². The lowest BCUT2D eigenvalue weighted by atomic mass is 10.3. The fourth-order valence-electron chi connectivity index (χ4n) is 2.10. The maximum Gasteiger partial charge on any atom is 0.205 e. The van der Waals surface area contributed by atoms with Gasteiger partial charge in [-0.3, -0.25) is 15.3 Å². The molecule has 1 aliphatic rings. The maximum atomic E-state index is 5.44. The van der Waals surface area contributed by atoms with Crippen LogP contribution in [0.2, 0.25) is 0 Å². The van der Waals surface area contributed by atoms with Crippen LogP contribution in [-0.2, 0) is 4.74 Å². The highest BCUT2D eigenvalue weighted by atomic mass is 16.5. The minimum absolute atomic E-state index is 0.483. The molecule has 0 radical (unpaired) electrons. The Morgan fingerprint density at radius 3 is 2.78 bits per heavy atom. The van der Waals surface area contributed by atoms with Gasteiger partial charge < -0.3 is 10.1 Å². The molecule has 4 N–H and O–H groups in total. The van der Waals surface area contributed by atoms with E-state index in [2.05, 4.69) is 27.6 Å². The zero-order valence-corrected chi connectivity index (χ0v) is 11.6. The summed E-state index contributed by atoms with van der Waals surface area (Å²) in [5.41, 5.74) is 2.60. The van der Waals surface area contributed by atoms with Gasteiger partial charge in [0.2, 0.25) is 5.96 Å². The third-order valence-corrected chi connectivity index (χ3v) is 3.23. The molecule has 6 nitrogen and oxygen atoms in total. The number of hydrogen-bond donors (Lipinski definition) is 3. The number of nitrogens with two attached hydrogens (primary N) is 1. The summed E-state index contributed by atoms with van der Waals surface area (Å²) in [5, 5.41) is 3.17. The summed E-state index contributed by atoms with van der Waals surface area (Å²) in [4.78, 5) is 6.95. The number of nitrogens with zero attached hydrogens (tertiary/aromatic N) is 2. The zero-order valence-electron chi connectivity index (χ0n) is 11.6. The van der Waals surface area contributed by atoms with Crippen molar-refractivity contribution in [3.8, 4) is 0 Å². The Morgan fingerprint density at radius 2 is 2.17 bits per heavy atom. The zero-order chi connectivity index (χ0) is 13.2. The molecule has 0 bridgehead atoms. The van der Waals surface area contributed by atoms with Crippen molar-refractivity contribution in [3.05, 3.63) is 0 Å². The summed E-state index contributed by atoms with van der Waals surface area (Å²) in [6, 6.07) is 0.483. The third kappa shape index (κ3) is 5.66. The fraction of sp³-hybridized carbons (Fsp3) is 0.917. The second-order valence-electron chi connectivity index (χ2n) is 4.70. The molecule has 18 heavy (non-hydrogen) atoms. The summed E-state index contributed by atoms with van der Waals surface area (Å²) in [5.74, 6) is 6.10. The Bertz CT molecular complexity index is 241. The van der Waals surface area contributed by atoms with Crippen molar-refractivity contribution in [2.24, 2.45) is 10.8 Å². The SMILES string of the molecule is COCCCNC(=NCC(C)N1CCCC1)NN. The van der Waals surface area contributed by atoms with Gasteiger partial charge >= 0.3 is 0 Å². The van der Waals surface area contributed by atoms with Crippen LogP contribution < -0.4 is 16.6 Å². The second-order valence-corrected chi connectivity index (χ2v) is 4.70. The molecule has 0 saturated carbocycles. The highest BCUT2D eigenvalue weighted by molar-refractivity contribution is 5.79. The number of likely N-dealkylation sites (tertiary alicyclic amines) is 1. The van der Waals surface area contributed by atoms with Gasteiger partial charge in [-0.1, -0.05) is 0 Å². The number of aliphatic imine (C=N–C) groups is 1. The van der Waals surface area contributed by atoms with Crippen molar-refractivity contribution in [2.75, 3.05) is 39.9 Å². The normalized spacial score (nSPS) is 18.9. The van der Waals surface area contributed by atoms with Gasteiger partial charge in [0.25, 0.3) is 0 Å². The van der Waals surface area contributed by atoms with Gasteiger partial charge in [0.1, 0.15) is 0 Å². The molecule has 1 atom stereocenters. The standard InChI is InChI=1S/C12H27N5O/c1-11(17-7-3-4-8-17)10-15-12(16-13)14-6-5-9-18-2/h11H,3-10,13H2,1-2H3,(H2,14,15,16). The average molecular weight is 257 g/mol. The van der Waals surface area contributed by atoms with Gasteiger partial charge in [0.05, 0.1) is 6.54 Å². The first-order chi connectivity index (χ1) is 8.77. The molecular formula is C12H27N5O. The summed E-state index contributed by atoms with van der Waals surface area (Å²) in [6.45, 7) is 6.95. The second kappa shape index (κ2) is 9.13. The lowest BCUT2D eigenvalue weighted by molar-refractivity contribution is 0.195. The molecular weight excluding hydrogens is 230 g/mol. The molecule has 1 fully saturated rings. The van der Waals surface area contributed by atoms with Crippen LogP contribution in [0.25, 0.3) is 0 Å². The monoisotopic (exact) mass is 257 g/mol. The number of methoxy groups -OCH3 is 1. The van der Waals surface area contributed by atoms with Crippen molar-refractivity contribution < 1.29 is 4.74 Å². The van der Waals surface area contributed by atoms with Gasteiger partial charge in [-0.2, -0.15) is 0 Å². The molecule has 1 aliphatic heterocycles. The van der Waals surface area contributed by atoms with Crippen LogP contribution in [0.3, 0.4) is 0 Å². The molecule has 0 aromatic rings. The van der Waals surface area contributed by atoms with Crippen LogP contribution in [0.1, 0.15) is 26.2 Å². The first-order valence-electron chi connectivity index (χ1n) is 6.76. The third-order valence-electron chi connectivity index (χ3n) is 3.23. The Labute approximate surface area is 110 Å². The van der Waals surface area contributed by atoms with Crippen LogP contribution in [0.5, 0.6) is 0 Å². The van der Waals surface area contributed by atoms with E-state index in [1.54, 1.807) is 7.11 Å². The van der Waals surface area contributed by atoms with Crippen molar-refractivity contribution >= 4 is 5.96 Å². The van der Waals surface area contributed by atoms with Gasteiger partial charge in [0, 0.05) is 26.3 Å². The lowest BCUT2D eigenvalue weighted by Crippen LogP contribution is -2.43. The molecule has 0 aromatic heterocycles. The average Bonchev–Trinajstić information content (AvgIpc) is 2.91. The number of ether oxygens (including phenoxy) is 1. The van der Waals surface area contributed by atoms with E-state index in [0.717, 1.165) is 26.1 Å². The molecule has 0 spiro atoms. The van der Waals surface area contributed by atoms with E-state index in [1.807, 2.05) is 0 Å². The number of guanidine groups is 1.